The molecule has 116 valence electrons. The highest BCUT2D eigenvalue weighted by molar-refractivity contribution is 7.98. The van der Waals surface area contributed by atoms with Crippen LogP contribution >= 0.6 is 11.8 Å². The van der Waals surface area contributed by atoms with Gasteiger partial charge in [-0.2, -0.15) is 11.8 Å². The molecule has 0 aliphatic heterocycles. The van der Waals surface area contributed by atoms with Crippen molar-refractivity contribution in [2.75, 3.05) is 18.6 Å². The first-order chi connectivity index (χ1) is 10.00. The summed E-state index contributed by atoms with van der Waals surface area (Å²) in [5.41, 5.74) is 3.11. The van der Waals surface area contributed by atoms with Crippen molar-refractivity contribution < 1.29 is 9.90 Å². The standard InChI is InChI=1S/C16H24N2O2S/c1-16(20,11-21-2)10-18-15(19)17-9-12-6-7-13-4-3-5-14(13)8-12/h6-8,20H,3-5,9-11H2,1-2H3,(H2,17,18,19). The van der Waals surface area contributed by atoms with E-state index in [0.29, 0.717) is 12.3 Å². The van der Waals surface area contributed by atoms with Crippen LogP contribution in [0.5, 0.6) is 0 Å². The van der Waals surface area contributed by atoms with Crippen LogP contribution in [0.4, 0.5) is 4.79 Å². The molecule has 0 radical (unpaired) electrons. The number of hydrogen-bond donors (Lipinski definition) is 3. The van der Waals surface area contributed by atoms with Gasteiger partial charge in [0.1, 0.15) is 0 Å². The van der Waals surface area contributed by atoms with E-state index in [9.17, 15) is 9.90 Å². The fourth-order valence-corrected chi connectivity index (χ4v) is 3.34. The second-order valence-electron chi connectivity index (χ2n) is 5.92. The van der Waals surface area contributed by atoms with Crippen LogP contribution in [0.15, 0.2) is 18.2 Å². The maximum absolute atomic E-state index is 11.8. The van der Waals surface area contributed by atoms with Crippen LogP contribution in [0.1, 0.15) is 30.0 Å². The van der Waals surface area contributed by atoms with Crippen molar-refractivity contribution in [1.29, 1.82) is 0 Å². The lowest BCUT2D eigenvalue weighted by Crippen LogP contribution is -2.45. The molecule has 1 aromatic rings. The fraction of sp³-hybridized carbons (Fsp3) is 0.562. The van der Waals surface area contributed by atoms with Gasteiger partial charge in [-0.15, -0.1) is 0 Å². The van der Waals surface area contributed by atoms with Gasteiger partial charge in [-0.05, 0) is 49.1 Å². The second-order valence-corrected chi connectivity index (χ2v) is 6.79. The number of hydrogen-bond acceptors (Lipinski definition) is 3. The van der Waals surface area contributed by atoms with Crippen molar-refractivity contribution in [3.8, 4) is 0 Å². The van der Waals surface area contributed by atoms with Gasteiger partial charge in [0, 0.05) is 18.8 Å². The van der Waals surface area contributed by atoms with Gasteiger partial charge in [-0.25, -0.2) is 4.79 Å². The van der Waals surface area contributed by atoms with Gasteiger partial charge in [0.05, 0.1) is 5.60 Å². The van der Waals surface area contributed by atoms with E-state index in [4.69, 9.17) is 0 Å². The molecule has 2 rings (SSSR count). The maximum atomic E-state index is 11.8. The Morgan fingerprint density at radius 1 is 1.33 bits per heavy atom. The maximum Gasteiger partial charge on any atom is 0.315 e. The number of thioether (sulfide) groups is 1. The third-order valence-electron chi connectivity index (χ3n) is 3.70. The molecule has 21 heavy (non-hydrogen) atoms. The third-order valence-corrected chi connectivity index (χ3v) is 4.61. The summed E-state index contributed by atoms with van der Waals surface area (Å²) >= 11 is 1.56. The largest absolute Gasteiger partial charge is 0.387 e. The molecule has 1 aromatic carbocycles. The molecule has 0 heterocycles. The highest BCUT2D eigenvalue weighted by Gasteiger charge is 2.20. The summed E-state index contributed by atoms with van der Waals surface area (Å²) in [6.07, 6.45) is 5.49. The van der Waals surface area contributed by atoms with Gasteiger partial charge >= 0.3 is 6.03 Å². The average molecular weight is 308 g/mol. The van der Waals surface area contributed by atoms with Gasteiger partial charge in [-0.3, -0.25) is 0 Å². The van der Waals surface area contributed by atoms with Crippen molar-refractivity contribution in [1.82, 2.24) is 10.6 Å². The van der Waals surface area contributed by atoms with E-state index in [2.05, 4.69) is 28.8 Å². The van der Waals surface area contributed by atoms with Crippen molar-refractivity contribution in [2.45, 2.75) is 38.3 Å². The Morgan fingerprint density at radius 2 is 2.10 bits per heavy atom. The van der Waals surface area contributed by atoms with Crippen LogP contribution in [0, 0.1) is 0 Å². The first-order valence-corrected chi connectivity index (χ1v) is 8.73. The molecule has 2 amide bonds. The summed E-state index contributed by atoms with van der Waals surface area (Å²) in [4.78, 5) is 11.8. The van der Waals surface area contributed by atoms with Gasteiger partial charge in [0.25, 0.3) is 0 Å². The Kier molecular flexibility index (Phi) is 5.53. The summed E-state index contributed by atoms with van der Waals surface area (Å²) in [7, 11) is 0. The number of fused-ring (bicyclic) bond motifs is 1. The molecule has 1 aliphatic carbocycles. The SMILES string of the molecule is CSCC(C)(O)CNC(=O)NCc1ccc2c(c1)CCC2. The van der Waals surface area contributed by atoms with E-state index >= 15 is 0 Å². The number of urea groups is 1. The summed E-state index contributed by atoms with van der Waals surface area (Å²) in [5.74, 6) is 0.595. The quantitative estimate of drug-likeness (QED) is 0.754. The van der Waals surface area contributed by atoms with Crippen molar-refractivity contribution in [2.24, 2.45) is 0 Å². The zero-order chi connectivity index (χ0) is 15.3. The van der Waals surface area contributed by atoms with Crippen LogP contribution in [-0.2, 0) is 19.4 Å². The minimum absolute atomic E-state index is 0.239. The number of aliphatic hydroxyl groups is 1. The van der Waals surface area contributed by atoms with Gasteiger partial charge in [0.15, 0.2) is 0 Å². The molecule has 0 spiro atoms. The Bertz CT molecular complexity index is 503. The summed E-state index contributed by atoms with van der Waals surface area (Å²) in [6, 6.07) is 6.19. The van der Waals surface area contributed by atoms with E-state index in [1.54, 1.807) is 18.7 Å². The average Bonchev–Trinajstić information content (AvgIpc) is 2.90. The summed E-state index contributed by atoms with van der Waals surface area (Å²) in [5, 5.41) is 15.5. The van der Waals surface area contributed by atoms with Gasteiger partial charge in [0.2, 0.25) is 0 Å². The molecule has 0 fully saturated rings. The molecular formula is C16H24N2O2S. The molecule has 5 heteroatoms. The van der Waals surface area contributed by atoms with E-state index in [1.807, 2.05) is 6.26 Å². The molecule has 1 atom stereocenters. The third kappa shape index (κ3) is 4.93. The minimum atomic E-state index is -0.871. The zero-order valence-electron chi connectivity index (χ0n) is 12.7. The normalized spacial score (nSPS) is 16.1. The number of nitrogens with one attached hydrogen (secondary N) is 2. The lowest BCUT2D eigenvalue weighted by atomic mass is 10.1. The number of rotatable bonds is 6. The van der Waals surface area contributed by atoms with E-state index in [-0.39, 0.29) is 12.6 Å². The van der Waals surface area contributed by atoms with Crippen LogP contribution in [0.25, 0.3) is 0 Å². The molecule has 0 saturated carbocycles. The van der Waals surface area contributed by atoms with Crippen LogP contribution in [0.2, 0.25) is 0 Å². The molecule has 0 aromatic heterocycles. The first-order valence-electron chi connectivity index (χ1n) is 7.34. The molecule has 0 bridgehead atoms. The number of amides is 2. The number of carbonyl (C=O) groups is 1. The van der Waals surface area contributed by atoms with Crippen molar-refractivity contribution in [3.63, 3.8) is 0 Å². The predicted molar refractivity (Wildman–Crippen MR) is 87.7 cm³/mol. The van der Waals surface area contributed by atoms with E-state index in [0.717, 1.165) is 12.0 Å². The number of aryl methyl sites for hydroxylation is 2. The summed E-state index contributed by atoms with van der Waals surface area (Å²) in [6.45, 7) is 2.50. The topological polar surface area (TPSA) is 61.4 Å². The molecule has 1 aliphatic rings. The van der Waals surface area contributed by atoms with Crippen LogP contribution in [0.3, 0.4) is 0 Å². The molecule has 4 nitrogen and oxygen atoms in total. The van der Waals surface area contributed by atoms with E-state index in [1.165, 1.54) is 24.0 Å². The Hall–Kier alpha value is -1.20. The Labute approximate surface area is 130 Å². The molecule has 3 N–H and O–H groups in total. The van der Waals surface area contributed by atoms with Gasteiger partial charge in [-0.1, -0.05) is 18.2 Å². The lowest BCUT2D eigenvalue weighted by molar-refractivity contribution is 0.0869. The number of carbonyl (C=O) groups excluding carboxylic acids is 1. The lowest BCUT2D eigenvalue weighted by Gasteiger charge is -2.22. The molecule has 1 unspecified atom stereocenters. The van der Waals surface area contributed by atoms with Gasteiger partial charge < -0.3 is 15.7 Å². The predicted octanol–water partition coefficient (Wildman–Crippen LogP) is 2.09. The monoisotopic (exact) mass is 308 g/mol. The summed E-state index contributed by atoms with van der Waals surface area (Å²) < 4.78 is 0. The second kappa shape index (κ2) is 7.18. The first kappa shape index (κ1) is 16.2. The van der Waals surface area contributed by atoms with Crippen molar-refractivity contribution >= 4 is 17.8 Å². The highest BCUT2D eigenvalue weighted by atomic mass is 32.2. The van der Waals surface area contributed by atoms with E-state index < -0.39 is 5.60 Å². The Morgan fingerprint density at radius 3 is 2.86 bits per heavy atom. The zero-order valence-corrected chi connectivity index (χ0v) is 13.6. The molecular weight excluding hydrogens is 284 g/mol. The fourth-order valence-electron chi connectivity index (χ4n) is 2.61. The smallest absolute Gasteiger partial charge is 0.315 e. The number of benzene rings is 1. The Balaban J connectivity index is 1.76. The highest BCUT2D eigenvalue weighted by Crippen LogP contribution is 2.22. The van der Waals surface area contributed by atoms with Crippen LogP contribution in [-0.4, -0.2) is 35.3 Å². The van der Waals surface area contributed by atoms with Crippen molar-refractivity contribution in [3.05, 3.63) is 34.9 Å². The van der Waals surface area contributed by atoms with Crippen LogP contribution < -0.4 is 10.6 Å². The molecule has 0 saturated heterocycles. The minimum Gasteiger partial charge on any atom is -0.387 e.